The Morgan fingerprint density at radius 1 is 1.44 bits per heavy atom. The number of ketones is 1. The largest absolute Gasteiger partial charge is 0.399 e. The third-order valence-corrected chi connectivity index (χ3v) is 3.57. The number of hydrogen-bond donors (Lipinski definition) is 1. The summed E-state index contributed by atoms with van der Waals surface area (Å²) in [7, 11) is 0. The van der Waals surface area contributed by atoms with Crippen molar-refractivity contribution in [2.24, 2.45) is 0 Å². The van der Waals surface area contributed by atoms with E-state index in [0.717, 1.165) is 25.9 Å². The molecule has 1 fully saturated rings. The first-order valence-electron chi connectivity index (χ1n) is 6.36. The van der Waals surface area contributed by atoms with Gasteiger partial charge in [0.2, 0.25) is 0 Å². The first-order chi connectivity index (χ1) is 8.66. The average molecular weight is 268 g/mol. The van der Waals surface area contributed by atoms with E-state index in [2.05, 4.69) is 0 Å². The maximum Gasteiger partial charge on any atom is 0.164 e. The maximum absolute atomic E-state index is 12.0. The van der Waals surface area contributed by atoms with Crippen LogP contribution in [0.15, 0.2) is 18.2 Å². The van der Waals surface area contributed by atoms with Crippen LogP contribution < -0.4 is 5.73 Å². The third kappa shape index (κ3) is 3.47. The lowest BCUT2D eigenvalue weighted by Crippen LogP contribution is -2.20. The fourth-order valence-corrected chi connectivity index (χ4v) is 2.51. The van der Waals surface area contributed by atoms with E-state index >= 15 is 0 Å². The van der Waals surface area contributed by atoms with Crippen molar-refractivity contribution < 1.29 is 9.53 Å². The molecule has 0 radical (unpaired) electrons. The number of hydrogen-bond acceptors (Lipinski definition) is 3. The molecule has 2 rings (SSSR count). The molecule has 0 bridgehead atoms. The van der Waals surface area contributed by atoms with Gasteiger partial charge in [-0.2, -0.15) is 0 Å². The van der Waals surface area contributed by atoms with E-state index < -0.39 is 0 Å². The second kappa shape index (κ2) is 6.21. The number of benzene rings is 1. The molecule has 1 aliphatic heterocycles. The molecule has 98 valence electrons. The summed E-state index contributed by atoms with van der Waals surface area (Å²) in [4.78, 5) is 12.0. The summed E-state index contributed by atoms with van der Waals surface area (Å²) in [5.41, 5.74) is 6.74. The van der Waals surface area contributed by atoms with E-state index in [-0.39, 0.29) is 11.9 Å². The second-order valence-corrected chi connectivity index (χ2v) is 5.10. The van der Waals surface area contributed by atoms with Crippen LogP contribution in [-0.4, -0.2) is 18.5 Å². The molecule has 1 aliphatic rings. The van der Waals surface area contributed by atoms with E-state index in [1.165, 1.54) is 6.42 Å². The molecule has 0 aliphatic carbocycles. The normalized spacial score (nSPS) is 19.7. The summed E-state index contributed by atoms with van der Waals surface area (Å²) >= 11 is 6.01. The minimum atomic E-state index is 0.0640. The number of carbonyl (C=O) groups is 1. The first kappa shape index (κ1) is 13.4. The molecule has 1 heterocycles. The van der Waals surface area contributed by atoms with Crippen molar-refractivity contribution in [3.05, 3.63) is 28.8 Å². The van der Waals surface area contributed by atoms with Gasteiger partial charge in [-0.25, -0.2) is 0 Å². The van der Waals surface area contributed by atoms with Gasteiger partial charge in [-0.3, -0.25) is 4.79 Å². The molecule has 3 nitrogen and oxygen atoms in total. The van der Waals surface area contributed by atoms with Gasteiger partial charge in [0, 0.05) is 24.3 Å². The number of halogens is 1. The van der Waals surface area contributed by atoms with Gasteiger partial charge >= 0.3 is 0 Å². The zero-order valence-electron chi connectivity index (χ0n) is 10.3. The van der Waals surface area contributed by atoms with E-state index in [4.69, 9.17) is 22.1 Å². The van der Waals surface area contributed by atoms with E-state index in [1.54, 1.807) is 18.2 Å². The summed E-state index contributed by atoms with van der Waals surface area (Å²) in [5, 5.41) is 0.435. The van der Waals surface area contributed by atoms with Crippen molar-refractivity contribution in [3.63, 3.8) is 0 Å². The second-order valence-electron chi connectivity index (χ2n) is 4.69. The molecular formula is C14H18ClNO2. The van der Waals surface area contributed by atoms with Crippen LogP contribution in [-0.2, 0) is 4.74 Å². The highest BCUT2D eigenvalue weighted by Crippen LogP contribution is 2.23. The van der Waals surface area contributed by atoms with Crippen LogP contribution in [0.25, 0.3) is 0 Å². The van der Waals surface area contributed by atoms with Crippen molar-refractivity contribution in [2.75, 3.05) is 12.3 Å². The first-order valence-corrected chi connectivity index (χ1v) is 6.74. The zero-order valence-corrected chi connectivity index (χ0v) is 11.1. The highest BCUT2D eigenvalue weighted by Gasteiger charge is 2.17. The summed E-state index contributed by atoms with van der Waals surface area (Å²) in [6.07, 6.45) is 4.88. The molecule has 1 aromatic rings. The zero-order chi connectivity index (χ0) is 13.0. The smallest absolute Gasteiger partial charge is 0.164 e. The Labute approximate surface area is 112 Å². The summed E-state index contributed by atoms with van der Waals surface area (Å²) < 4.78 is 5.61. The molecule has 0 saturated carbocycles. The van der Waals surface area contributed by atoms with Crippen LogP contribution in [0.5, 0.6) is 0 Å². The number of rotatable bonds is 4. The number of ether oxygens (including phenoxy) is 1. The molecular weight excluding hydrogens is 250 g/mol. The van der Waals surface area contributed by atoms with Gasteiger partial charge in [-0.15, -0.1) is 0 Å². The minimum absolute atomic E-state index is 0.0640. The highest BCUT2D eigenvalue weighted by atomic mass is 35.5. The van der Waals surface area contributed by atoms with Crippen LogP contribution in [0.4, 0.5) is 5.69 Å². The SMILES string of the molecule is Nc1ccc(C(=O)CCC2CCCCO2)c(Cl)c1. The van der Waals surface area contributed by atoms with Crippen LogP contribution in [0.2, 0.25) is 5.02 Å². The predicted molar refractivity (Wildman–Crippen MR) is 73.0 cm³/mol. The van der Waals surface area contributed by atoms with Gasteiger partial charge in [0.05, 0.1) is 11.1 Å². The van der Waals surface area contributed by atoms with Crippen molar-refractivity contribution in [1.82, 2.24) is 0 Å². The maximum atomic E-state index is 12.0. The Hall–Kier alpha value is -1.06. The number of Topliss-reactive ketones (excluding diaryl/α,β-unsaturated/α-hetero) is 1. The Kier molecular flexibility index (Phi) is 4.61. The number of nitrogen functional groups attached to an aromatic ring is 1. The van der Waals surface area contributed by atoms with Crippen molar-refractivity contribution in [1.29, 1.82) is 0 Å². The van der Waals surface area contributed by atoms with Crippen LogP contribution in [0.1, 0.15) is 42.5 Å². The Morgan fingerprint density at radius 3 is 2.94 bits per heavy atom. The molecule has 18 heavy (non-hydrogen) atoms. The molecule has 2 N–H and O–H groups in total. The summed E-state index contributed by atoms with van der Waals surface area (Å²) in [6.45, 7) is 0.821. The van der Waals surface area contributed by atoms with E-state index in [0.29, 0.717) is 22.7 Å². The van der Waals surface area contributed by atoms with Gasteiger partial charge in [0.1, 0.15) is 0 Å². The van der Waals surface area contributed by atoms with Crippen LogP contribution in [0.3, 0.4) is 0 Å². The minimum Gasteiger partial charge on any atom is -0.399 e. The quantitative estimate of drug-likeness (QED) is 0.671. The van der Waals surface area contributed by atoms with Gasteiger partial charge < -0.3 is 10.5 Å². The Balaban J connectivity index is 1.90. The standard InChI is InChI=1S/C14H18ClNO2/c15-13-9-10(16)4-6-12(13)14(17)7-5-11-3-1-2-8-18-11/h4,6,9,11H,1-3,5,7-8,16H2. The molecule has 4 heteroatoms. The molecule has 1 aromatic carbocycles. The molecule has 0 spiro atoms. The van der Waals surface area contributed by atoms with E-state index in [1.807, 2.05) is 0 Å². The molecule has 0 amide bonds. The van der Waals surface area contributed by atoms with Crippen LogP contribution >= 0.6 is 11.6 Å². The molecule has 1 atom stereocenters. The Bertz CT molecular complexity index is 428. The lowest BCUT2D eigenvalue weighted by Gasteiger charge is -2.22. The number of carbonyl (C=O) groups excluding carboxylic acids is 1. The summed E-state index contributed by atoms with van der Waals surface area (Å²) in [6, 6.07) is 5.02. The van der Waals surface area contributed by atoms with Crippen LogP contribution in [0, 0.1) is 0 Å². The van der Waals surface area contributed by atoms with Gasteiger partial charge in [0.15, 0.2) is 5.78 Å². The predicted octanol–water partition coefficient (Wildman–Crippen LogP) is 3.45. The lowest BCUT2D eigenvalue weighted by molar-refractivity contribution is 0.0104. The fourth-order valence-electron chi connectivity index (χ4n) is 2.22. The van der Waals surface area contributed by atoms with Crippen molar-refractivity contribution in [3.8, 4) is 0 Å². The van der Waals surface area contributed by atoms with E-state index in [9.17, 15) is 4.79 Å². The summed E-state index contributed by atoms with van der Waals surface area (Å²) in [5.74, 6) is 0.0640. The molecule has 1 unspecified atom stereocenters. The van der Waals surface area contributed by atoms with Crippen molar-refractivity contribution >= 4 is 23.1 Å². The highest BCUT2D eigenvalue weighted by molar-refractivity contribution is 6.34. The monoisotopic (exact) mass is 267 g/mol. The van der Waals surface area contributed by atoms with Crippen molar-refractivity contribution in [2.45, 2.75) is 38.2 Å². The topological polar surface area (TPSA) is 52.3 Å². The third-order valence-electron chi connectivity index (χ3n) is 3.26. The fraction of sp³-hybridized carbons (Fsp3) is 0.500. The van der Waals surface area contributed by atoms with Gasteiger partial charge in [-0.05, 0) is 43.9 Å². The molecule has 0 aromatic heterocycles. The average Bonchev–Trinajstić information content (AvgIpc) is 2.37. The van der Waals surface area contributed by atoms with Gasteiger partial charge in [-0.1, -0.05) is 11.6 Å². The number of anilines is 1. The van der Waals surface area contributed by atoms with Gasteiger partial charge in [0.25, 0.3) is 0 Å². The Morgan fingerprint density at radius 2 is 2.28 bits per heavy atom. The number of nitrogens with two attached hydrogens (primary N) is 1. The molecule has 1 saturated heterocycles. The lowest BCUT2D eigenvalue weighted by atomic mass is 10.00.